The third-order valence-electron chi connectivity index (χ3n) is 3.09. The summed E-state index contributed by atoms with van der Waals surface area (Å²) in [6.45, 7) is 6.38. The van der Waals surface area contributed by atoms with Crippen molar-refractivity contribution in [2.45, 2.75) is 39.2 Å². The van der Waals surface area contributed by atoms with Gasteiger partial charge in [-0.3, -0.25) is 0 Å². The molecule has 0 saturated carbocycles. The van der Waals surface area contributed by atoms with Crippen molar-refractivity contribution < 1.29 is 0 Å². The zero-order valence-corrected chi connectivity index (χ0v) is 8.80. The Morgan fingerprint density at radius 1 is 1.46 bits per heavy atom. The minimum atomic E-state index is -0.233. The lowest BCUT2D eigenvalue weighted by atomic mass is 9.77. The summed E-state index contributed by atoms with van der Waals surface area (Å²) in [5.41, 5.74) is 14.0. The van der Waals surface area contributed by atoms with Gasteiger partial charge in [-0.1, -0.05) is 26.8 Å². The zero-order valence-electron chi connectivity index (χ0n) is 8.80. The van der Waals surface area contributed by atoms with Crippen LogP contribution in [0.25, 0.3) is 0 Å². The van der Waals surface area contributed by atoms with Crippen molar-refractivity contribution in [3.63, 3.8) is 0 Å². The van der Waals surface area contributed by atoms with Gasteiger partial charge >= 0.3 is 0 Å². The molecule has 1 rings (SSSR count). The van der Waals surface area contributed by atoms with Crippen LogP contribution in [0.4, 0.5) is 0 Å². The molecule has 0 bridgehead atoms. The fraction of sp³-hybridized carbons (Fsp3) is 0.636. The number of allylic oxidation sites excluding steroid dienone is 1. The summed E-state index contributed by atoms with van der Waals surface area (Å²) in [6, 6.07) is 0. The van der Waals surface area contributed by atoms with Gasteiger partial charge in [0.15, 0.2) is 0 Å². The van der Waals surface area contributed by atoms with E-state index in [9.17, 15) is 0 Å². The normalized spacial score (nSPS) is 34.0. The van der Waals surface area contributed by atoms with E-state index >= 15 is 0 Å². The summed E-state index contributed by atoms with van der Waals surface area (Å²) in [4.78, 5) is 0. The maximum absolute atomic E-state index is 6.21. The van der Waals surface area contributed by atoms with Crippen molar-refractivity contribution >= 4 is 0 Å². The van der Waals surface area contributed by atoms with Crippen LogP contribution in [0.1, 0.15) is 33.6 Å². The molecule has 2 heteroatoms. The molecule has 0 aromatic carbocycles. The van der Waals surface area contributed by atoms with Crippen molar-refractivity contribution in [1.29, 1.82) is 0 Å². The molecular weight excluding hydrogens is 160 g/mol. The summed E-state index contributed by atoms with van der Waals surface area (Å²) in [6.07, 6.45) is 6.16. The van der Waals surface area contributed by atoms with Crippen molar-refractivity contribution in [2.75, 3.05) is 0 Å². The van der Waals surface area contributed by atoms with Crippen LogP contribution in [-0.4, -0.2) is 5.54 Å². The Bertz CT molecular complexity index is 253. The predicted molar refractivity (Wildman–Crippen MR) is 57.0 cm³/mol. The fourth-order valence-electron chi connectivity index (χ4n) is 1.81. The Morgan fingerprint density at radius 2 is 2.08 bits per heavy atom. The molecule has 0 saturated heterocycles. The van der Waals surface area contributed by atoms with Crippen molar-refractivity contribution in [3.05, 3.63) is 23.4 Å². The number of hydrogen-bond acceptors (Lipinski definition) is 2. The molecule has 13 heavy (non-hydrogen) atoms. The van der Waals surface area contributed by atoms with Crippen molar-refractivity contribution in [2.24, 2.45) is 17.4 Å². The van der Waals surface area contributed by atoms with Gasteiger partial charge in [0, 0.05) is 11.2 Å². The van der Waals surface area contributed by atoms with Gasteiger partial charge in [0.2, 0.25) is 0 Å². The second kappa shape index (κ2) is 3.54. The second-order valence-corrected chi connectivity index (χ2v) is 3.90. The number of hydrogen-bond donors (Lipinski definition) is 2. The topological polar surface area (TPSA) is 52.0 Å². The summed E-state index contributed by atoms with van der Waals surface area (Å²) in [5, 5.41) is 0. The average molecular weight is 180 g/mol. The second-order valence-electron chi connectivity index (χ2n) is 3.90. The van der Waals surface area contributed by atoms with Gasteiger partial charge in [-0.05, 0) is 30.4 Å². The van der Waals surface area contributed by atoms with E-state index in [2.05, 4.69) is 26.8 Å². The highest BCUT2D eigenvalue weighted by Gasteiger charge is 2.30. The van der Waals surface area contributed by atoms with Gasteiger partial charge in [-0.2, -0.15) is 0 Å². The maximum atomic E-state index is 6.21. The first-order valence-corrected chi connectivity index (χ1v) is 5.01. The molecular formula is C11H20N2. The van der Waals surface area contributed by atoms with Gasteiger partial charge < -0.3 is 11.5 Å². The highest BCUT2D eigenvalue weighted by molar-refractivity contribution is 5.37. The van der Waals surface area contributed by atoms with Crippen molar-refractivity contribution in [3.8, 4) is 0 Å². The standard InChI is InChI=1S/C11H20N2/c1-4-9-6-8(3)11(13,5-2)7-10(9)12/h6-8H,4-5,12-13H2,1-3H3. The lowest BCUT2D eigenvalue weighted by Crippen LogP contribution is -2.45. The monoisotopic (exact) mass is 180 g/mol. The van der Waals surface area contributed by atoms with Crippen LogP contribution in [0.5, 0.6) is 0 Å². The molecule has 0 radical (unpaired) electrons. The summed E-state index contributed by atoms with van der Waals surface area (Å²) >= 11 is 0. The van der Waals surface area contributed by atoms with Crippen LogP contribution in [0.2, 0.25) is 0 Å². The minimum absolute atomic E-state index is 0.233. The molecule has 0 aromatic rings. The van der Waals surface area contributed by atoms with Crippen LogP contribution in [0.3, 0.4) is 0 Å². The first kappa shape index (κ1) is 10.3. The van der Waals surface area contributed by atoms with E-state index < -0.39 is 0 Å². The van der Waals surface area contributed by atoms with Gasteiger partial charge in [0.05, 0.1) is 0 Å². The summed E-state index contributed by atoms with van der Waals surface area (Å²) in [5.74, 6) is 0.389. The van der Waals surface area contributed by atoms with E-state index in [0.29, 0.717) is 5.92 Å². The molecule has 0 fully saturated rings. The van der Waals surface area contributed by atoms with Crippen molar-refractivity contribution in [1.82, 2.24) is 0 Å². The highest BCUT2D eigenvalue weighted by atomic mass is 14.8. The van der Waals surface area contributed by atoms with Crippen LogP contribution in [0.15, 0.2) is 23.4 Å². The average Bonchev–Trinajstić information content (AvgIpc) is 2.11. The Hall–Kier alpha value is -0.760. The molecule has 0 amide bonds. The minimum Gasteiger partial charge on any atom is -0.399 e. The first-order valence-electron chi connectivity index (χ1n) is 5.01. The number of rotatable bonds is 2. The van der Waals surface area contributed by atoms with Gasteiger partial charge in [-0.15, -0.1) is 0 Å². The molecule has 1 aliphatic carbocycles. The SMILES string of the molecule is CCC1=CC(C)C(N)(CC)C=C1N. The highest BCUT2D eigenvalue weighted by Crippen LogP contribution is 2.30. The quantitative estimate of drug-likeness (QED) is 0.682. The Morgan fingerprint density at radius 3 is 2.54 bits per heavy atom. The van der Waals surface area contributed by atoms with E-state index in [0.717, 1.165) is 18.5 Å². The third-order valence-corrected chi connectivity index (χ3v) is 3.09. The molecule has 0 spiro atoms. The van der Waals surface area contributed by atoms with Crippen LogP contribution < -0.4 is 11.5 Å². The smallest absolute Gasteiger partial charge is 0.0420 e. The molecule has 2 nitrogen and oxygen atoms in total. The van der Waals surface area contributed by atoms with Crippen LogP contribution in [0, 0.1) is 5.92 Å². The van der Waals surface area contributed by atoms with Crippen LogP contribution >= 0.6 is 0 Å². The summed E-state index contributed by atoms with van der Waals surface area (Å²) in [7, 11) is 0. The predicted octanol–water partition coefficient (Wildman–Crippen LogP) is 1.92. The van der Waals surface area contributed by atoms with E-state index in [1.54, 1.807) is 0 Å². The lowest BCUT2D eigenvalue weighted by Gasteiger charge is -2.34. The Kier molecular flexibility index (Phi) is 2.81. The van der Waals surface area contributed by atoms with Gasteiger partial charge in [0.25, 0.3) is 0 Å². The lowest BCUT2D eigenvalue weighted by molar-refractivity contribution is 0.397. The van der Waals surface area contributed by atoms with E-state index in [1.807, 2.05) is 6.08 Å². The third kappa shape index (κ3) is 1.78. The van der Waals surface area contributed by atoms with E-state index in [-0.39, 0.29) is 5.54 Å². The zero-order chi connectivity index (χ0) is 10.1. The molecule has 2 unspecified atom stereocenters. The molecule has 1 aliphatic rings. The van der Waals surface area contributed by atoms with Crippen LogP contribution in [-0.2, 0) is 0 Å². The maximum Gasteiger partial charge on any atom is 0.0420 e. The number of nitrogens with two attached hydrogens (primary N) is 2. The molecule has 0 aliphatic heterocycles. The fourth-order valence-corrected chi connectivity index (χ4v) is 1.81. The van der Waals surface area contributed by atoms with E-state index in [4.69, 9.17) is 11.5 Å². The molecule has 2 atom stereocenters. The molecule has 4 N–H and O–H groups in total. The largest absolute Gasteiger partial charge is 0.399 e. The van der Waals surface area contributed by atoms with Gasteiger partial charge in [0.1, 0.15) is 0 Å². The Balaban J connectivity index is 2.97. The van der Waals surface area contributed by atoms with E-state index in [1.165, 1.54) is 5.57 Å². The summed E-state index contributed by atoms with van der Waals surface area (Å²) < 4.78 is 0. The van der Waals surface area contributed by atoms with Gasteiger partial charge in [-0.25, -0.2) is 0 Å². The Labute approximate surface area is 80.7 Å². The molecule has 0 aromatic heterocycles. The first-order chi connectivity index (χ1) is 6.03. The molecule has 74 valence electrons. The molecule has 0 heterocycles.